The zero-order valence-corrected chi connectivity index (χ0v) is 8.79. The fourth-order valence-electron chi connectivity index (χ4n) is 1.22. The van der Waals surface area contributed by atoms with Gasteiger partial charge in [-0.15, -0.1) is 6.58 Å². The molecule has 2 unspecified atom stereocenters. The lowest BCUT2D eigenvalue weighted by Gasteiger charge is -2.14. The first-order valence-electron chi connectivity index (χ1n) is 5.09. The molecule has 0 aliphatic carbocycles. The van der Waals surface area contributed by atoms with Crippen molar-refractivity contribution in [1.82, 2.24) is 0 Å². The van der Waals surface area contributed by atoms with Gasteiger partial charge in [-0.3, -0.25) is 0 Å². The maximum Gasteiger partial charge on any atom is 0.0954 e. The molecule has 0 saturated heterocycles. The van der Waals surface area contributed by atoms with E-state index in [1.807, 2.05) is 6.92 Å². The van der Waals surface area contributed by atoms with Gasteiger partial charge in [0, 0.05) is 6.42 Å². The number of hydrogen-bond donors (Lipinski definition) is 0. The van der Waals surface area contributed by atoms with E-state index >= 15 is 0 Å². The predicted octanol–water partition coefficient (Wildman–Crippen LogP) is 2.96. The molecule has 0 aromatic rings. The molecule has 2 nitrogen and oxygen atoms in total. The van der Waals surface area contributed by atoms with E-state index < -0.39 is 6.10 Å². The fourth-order valence-corrected chi connectivity index (χ4v) is 1.22. The molecule has 0 spiro atoms. The van der Waals surface area contributed by atoms with E-state index in [9.17, 15) is 5.11 Å². The molecule has 0 bridgehead atoms. The molecule has 2 atom stereocenters. The second kappa shape index (κ2) is 8.27. The van der Waals surface area contributed by atoms with Gasteiger partial charge in [-0.25, -0.2) is 5.11 Å². The second-order valence-electron chi connectivity index (χ2n) is 3.43. The van der Waals surface area contributed by atoms with Gasteiger partial charge in [-0.2, -0.15) is 0 Å². The quantitative estimate of drug-likeness (QED) is 0.534. The van der Waals surface area contributed by atoms with Gasteiger partial charge in [0.15, 0.2) is 0 Å². The molecule has 1 radical (unpaired) electrons. The third-order valence-corrected chi connectivity index (χ3v) is 1.97. The molecule has 0 rings (SSSR count). The highest BCUT2D eigenvalue weighted by Gasteiger charge is 2.10. The van der Waals surface area contributed by atoms with Gasteiger partial charge in [0.1, 0.15) is 0 Å². The standard InChI is InChI=1S/C11H21O2/c1-4-6-7-11(12)9-10(3)13-8-5-2/h5,10-11H,2,4,6-9H2,1,3H3. The molecule has 0 N–H and O–H groups in total. The Balaban J connectivity index is 3.40. The molecule has 77 valence electrons. The summed E-state index contributed by atoms with van der Waals surface area (Å²) in [6.45, 7) is 8.15. The van der Waals surface area contributed by atoms with Crippen LogP contribution >= 0.6 is 0 Å². The fraction of sp³-hybridized carbons (Fsp3) is 0.818. The molecule has 0 amide bonds. The molecule has 0 aromatic carbocycles. The van der Waals surface area contributed by atoms with Gasteiger partial charge in [0.25, 0.3) is 0 Å². The van der Waals surface area contributed by atoms with E-state index in [4.69, 9.17) is 4.74 Å². The molecular formula is C11H21O2. The summed E-state index contributed by atoms with van der Waals surface area (Å²) in [5.41, 5.74) is 0. The smallest absolute Gasteiger partial charge is 0.0954 e. The van der Waals surface area contributed by atoms with Crippen LogP contribution in [-0.2, 0) is 9.84 Å². The monoisotopic (exact) mass is 185 g/mol. The summed E-state index contributed by atoms with van der Waals surface area (Å²) in [7, 11) is 0. The molecule has 2 heteroatoms. The van der Waals surface area contributed by atoms with Gasteiger partial charge in [-0.05, 0) is 13.3 Å². The summed E-state index contributed by atoms with van der Waals surface area (Å²) in [6, 6.07) is 0. The van der Waals surface area contributed by atoms with Crippen molar-refractivity contribution >= 4 is 0 Å². The summed E-state index contributed by atoms with van der Waals surface area (Å²) in [4.78, 5) is 0. The van der Waals surface area contributed by atoms with Gasteiger partial charge < -0.3 is 4.74 Å². The number of hydrogen-bond acceptors (Lipinski definition) is 1. The lowest BCUT2D eigenvalue weighted by molar-refractivity contribution is 0.00516. The minimum absolute atomic E-state index is 0.0670. The average Bonchev–Trinajstić information content (AvgIpc) is 2.11. The van der Waals surface area contributed by atoms with E-state index in [1.165, 1.54) is 0 Å². The Labute approximate surface area is 81.6 Å². The molecule has 0 fully saturated rings. The van der Waals surface area contributed by atoms with Crippen LogP contribution < -0.4 is 0 Å². The lowest BCUT2D eigenvalue weighted by atomic mass is 10.1. The van der Waals surface area contributed by atoms with Gasteiger partial charge in [-0.1, -0.05) is 25.8 Å². The van der Waals surface area contributed by atoms with E-state index in [2.05, 4.69) is 13.5 Å². The third kappa shape index (κ3) is 8.00. The van der Waals surface area contributed by atoms with Crippen LogP contribution in [0.25, 0.3) is 0 Å². The molecule has 0 saturated carbocycles. The highest BCUT2D eigenvalue weighted by Crippen LogP contribution is 2.09. The summed E-state index contributed by atoms with van der Waals surface area (Å²) >= 11 is 0. The van der Waals surface area contributed by atoms with Crippen LogP contribution in [0, 0.1) is 0 Å². The number of ether oxygens (including phenoxy) is 1. The SMILES string of the molecule is C=CCOC(C)CC([O])CCCC. The zero-order valence-electron chi connectivity index (χ0n) is 8.79. The Hall–Kier alpha value is -0.340. The van der Waals surface area contributed by atoms with Gasteiger partial charge in [0.2, 0.25) is 0 Å². The Bertz CT molecular complexity index is 123. The van der Waals surface area contributed by atoms with Crippen LogP contribution in [0.1, 0.15) is 39.5 Å². The summed E-state index contributed by atoms with van der Waals surface area (Å²) in [5, 5.41) is 11.4. The van der Waals surface area contributed by atoms with E-state index in [1.54, 1.807) is 6.08 Å². The van der Waals surface area contributed by atoms with Gasteiger partial charge >= 0.3 is 0 Å². The van der Waals surface area contributed by atoms with Crippen molar-refractivity contribution in [3.05, 3.63) is 12.7 Å². The maximum atomic E-state index is 11.4. The van der Waals surface area contributed by atoms with Gasteiger partial charge in [0.05, 0.1) is 18.8 Å². The second-order valence-corrected chi connectivity index (χ2v) is 3.43. The number of unbranched alkanes of at least 4 members (excludes halogenated alkanes) is 1. The Kier molecular flexibility index (Phi) is 8.05. The molecular weight excluding hydrogens is 164 g/mol. The highest BCUT2D eigenvalue weighted by atomic mass is 16.5. The molecule has 0 aliphatic rings. The van der Waals surface area contributed by atoms with Crippen LogP contribution in [0.15, 0.2) is 12.7 Å². The molecule has 0 heterocycles. The van der Waals surface area contributed by atoms with Crippen molar-refractivity contribution in [2.45, 2.75) is 51.7 Å². The summed E-state index contributed by atoms with van der Waals surface area (Å²) in [5.74, 6) is 0. The van der Waals surface area contributed by atoms with Crippen molar-refractivity contribution in [2.24, 2.45) is 0 Å². The van der Waals surface area contributed by atoms with Crippen molar-refractivity contribution < 1.29 is 9.84 Å². The third-order valence-electron chi connectivity index (χ3n) is 1.97. The Morgan fingerprint density at radius 3 is 2.77 bits per heavy atom. The Morgan fingerprint density at radius 1 is 1.54 bits per heavy atom. The van der Waals surface area contributed by atoms with E-state index in [0.717, 1.165) is 19.3 Å². The molecule has 0 aromatic heterocycles. The molecule has 13 heavy (non-hydrogen) atoms. The minimum atomic E-state index is -0.459. The van der Waals surface area contributed by atoms with Crippen molar-refractivity contribution in [3.8, 4) is 0 Å². The highest BCUT2D eigenvalue weighted by molar-refractivity contribution is 4.67. The molecule has 0 aliphatic heterocycles. The first kappa shape index (κ1) is 12.7. The largest absolute Gasteiger partial charge is 0.374 e. The Morgan fingerprint density at radius 2 is 2.23 bits per heavy atom. The predicted molar refractivity (Wildman–Crippen MR) is 54.2 cm³/mol. The van der Waals surface area contributed by atoms with Crippen LogP contribution in [-0.4, -0.2) is 18.8 Å². The topological polar surface area (TPSA) is 29.1 Å². The number of rotatable bonds is 8. The first-order valence-corrected chi connectivity index (χ1v) is 5.09. The summed E-state index contributed by atoms with van der Waals surface area (Å²) < 4.78 is 5.32. The van der Waals surface area contributed by atoms with Crippen molar-refractivity contribution in [2.75, 3.05) is 6.61 Å². The van der Waals surface area contributed by atoms with Crippen LogP contribution in [0.2, 0.25) is 0 Å². The minimum Gasteiger partial charge on any atom is -0.374 e. The average molecular weight is 185 g/mol. The zero-order chi connectivity index (χ0) is 10.1. The first-order chi connectivity index (χ1) is 6.20. The van der Waals surface area contributed by atoms with Crippen molar-refractivity contribution in [3.63, 3.8) is 0 Å². The van der Waals surface area contributed by atoms with E-state index in [0.29, 0.717) is 13.0 Å². The lowest BCUT2D eigenvalue weighted by Crippen LogP contribution is -2.17. The van der Waals surface area contributed by atoms with E-state index in [-0.39, 0.29) is 6.10 Å². The summed E-state index contributed by atoms with van der Waals surface area (Å²) in [6.07, 6.45) is 4.84. The van der Waals surface area contributed by atoms with Crippen LogP contribution in [0.5, 0.6) is 0 Å². The normalized spacial score (nSPS) is 15.3. The van der Waals surface area contributed by atoms with Crippen molar-refractivity contribution in [1.29, 1.82) is 0 Å². The maximum absolute atomic E-state index is 11.4. The van der Waals surface area contributed by atoms with Crippen LogP contribution in [0.3, 0.4) is 0 Å². The van der Waals surface area contributed by atoms with Crippen LogP contribution in [0.4, 0.5) is 0 Å².